The molecule has 0 bridgehead atoms. The molecule has 0 saturated carbocycles. The summed E-state index contributed by atoms with van der Waals surface area (Å²) in [5.41, 5.74) is 0. The third kappa shape index (κ3) is 3.43. The third-order valence-electron chi connectivity index (χ3n) is 2.86. The summed E-state index contributed by atoms with van der Waals surface area (Å²) in [7, 11) is -3.98. The highest BCUT2D eigenvalue weighted by molar-refractivity contribution is 7.89. The van der Waals surface area contributed by atoms with Gasteiger partial charge in [-0.2, -0.15) is 4.31 Å². The molecular formula is C12H13F3NO3S. The van der Waals surface area contributed by atoms with Crippen molar-refractivity contribution in [2.24, 2.45) is 0 Å². The Hall–Kier alpha value is -1.28. The number of para-hydroxylation sites is 1. The first-order valence-corrected chi connectivity index (χ1v) is 7.41. The topological polar surface area (TPSA) is 46.6 Å². The minimum Gasteiger partial charge on any atom is -0.404 e. The summed E-state index contributed by atoms with van der Waals surface area (Å²) >= 11 is 0. The molecule has 111 valence electrons. The van der Waals surface area contributed by atoms with E-state index in [0.29, 0.717) is 12.8 Å². The van der Waals surface area contributed by atoms with Crippen molar-refractivity contribution in [2.45, 2.75) is 24.1 Å². The molecule has 1 aliphatic rings. The Morgan fingerprint density at radius 2 is 1.70 bits per heavy atom. The monoisotopic (exact) mass is 308 g/mol. The van der Waals surface area contributed by atoms with Crippen LogP contribution in [0.1, 0.15) is 12.8 Å². The van der Waals surface area contributed by atoms with Crippen molar-refractivity contribution in [2.75, 3.05) is 13.1 Å². The molecule has 0 amide bonds. The summed E-state index contributed by atoms with van der Waals surface area (Å²) in [6.07, 6.45) is -1.81. The Morgan fingerprint density at radius 1 is 1.10 bits per heavy atom. The number of alkyl halides is 3. The average Bonchev–Trinajstić information content (AvgIpc) is 2.38. The van der Waals surface area contributed by atoms with Crippen LogP contribution in [-0.4, -0.2) is 32.2 Å². The van der Waals surface area contributed by atoms with Gasteiger partial charge >= 0.3 is 6.36 Å². The van der Waals surface area contributed by atoms with Gasteiger partial charge in [0, 0.05) is 13.1 Å². The normalized spacial score (nSPS) is 17.9. The van der Waals surface area contributed by atoms with E-state index in [1.165, 1.54) is 16.4 Å². The van der Waals surface area contributed by atoms with E-state index in [0.717, 1.165) is 12.1 Å². The molecule has 1 radical (unpaired) electrons. The van der Waals surface area contributed by atoms with E-state index in [1.807, 2.05) is 6.42 Å². The van der Waals surface area contributed by atoms with Crippen molar-refractivity contribution in [1.82, 2.24) is 4.31 Å². The van der Waals surface area contributed by atoms with Crippen molar-refractivity contribution in [3.8, 4) is 5.75 Å². The number of hydrogen-bond acceptors (Lipinski definition) is 3. The fraction of sp³-hybridized carbons (Fsp3) is 0.417. The highest BCUT2D eigenvalue weighted by Gasteiger charge is 2.35. The molecule has 1 heterocycles. The number of sulfonamides is 1. The van der Waals surface area contributed by atoms with Gasteiger partial charge in [0.15, 0.2) is 0 Å². The SMILES string of the molecule is O=S(=O)(c1ccccc1OC(F)(F)F)N1CC[CH]CC1. The zero-order valence-corrected chi connectivity index (χ0v) is 11.2. The van der Waals surface area contributed by atoms with E-state index in [1.54, 1.807) is 0 Å². The summed E-state index contributed by atoms with van der Waals surface area (Å²) in [6, 6.07) is 4.78. The summed E-state index contributed by atoms with van der Waals surface area (Å²) in [6.45, 7) is 0.533. The molecule has 20 heavy (non-hydrogen) atoms. The van der Waals surface area contributed by atoms with Crippen molar-refractivity contribution in [3.05, 3.63) is 30.7 Å². The summed E-state index contributed by atoms with van der Waals surface area (Å²) in [5, 5.41) is 0. The molecule has 0 unspecified atom stereocenters. The van der Waals surface area contributed by atoms with E-state index in [4.69, 9.17) is 0 Å². The first kappa shape index (κ1) is 15.1. The van der Waals surface area contributed by atoms with Crippen molar-refractivity contribution in [3.63, 3.8) is 0 Å². The van der Waals surface area contributed by atoms with Gasteiger partial charge in [0.05, 0.1) is 0 Å². The molecule has 0 spiro atoms. The highest BCUT2D eigenvalue weighted by atomic mass is 32.2. The summed E-state index contributed by atoms with van der Waals surface area (Å²) in [5.74, 6) is -0.699. The predicted molar refractivity (Wildman–Crippen MR) is 65.4 cm³/mol. The van der Waals surface area contributed by atoms with Gasteiger partial charge in [-0.1, -0.05) is 12.1 Å². The second-order valence-corrected chi connectivity index (χ2v) is 6.17. The van der Waals surface area contributed by atoms with Crippen LogP contribution in [0.2, 0.25) is 0 Å². The maximum absolute atomic E-state index is 12.4. The smallest absolute Gasteiger partial charge is 0.404 e. The zero-order chi connectivity index (χ0) is 14.8. The number of piperidine rings is 1. The largest absolute Gasteiger partial charge is 0.573 e. The van der Waals surface area contributed by atoms with E-state index >= 15 is 0 Å². The van der Waals surface area contributed by atoms with Crippen LogP contribution in [0.15, 0.2) is 29.2 Å². The van der Waals surface area contributed by atoms with Crippen LogP contribution >= 0.6 is 0 Å². The lowest BCUT2D eigenvalue weighted by Crippen LogP contribution is -2.36. The van der Waals surface area contributed by atoms with Crippen LogP contribution in [0.25, 0.3) is 0 Å². The highest BCUT2D eigenvalue weighted by Crippen LogP contribution is 2.32. The zero-order valence-electron chi connectivity index (χ0n) is 10.4. The van der Waals surface area contributed by atoms with Gasteiger partial charge in [0.25, 0.3) is 0 Å². The number of hydrogen-bond donors (Lipinski definition) is 0. The summed E-state index contributed by atoms with van der Waals surface area (Å²) in [4.78, 5) is -0.459. The lowest BCUT2D eigenvalue weighted by atomic mass is 10.2. The van der Waals surface area contributed by atoms with Crippen LogP contribution in [0.5, 0.6) is 5.75 Å². The number of nitrogens with zero attached hydrogens (tertiary/aromatic N) is 1. The molecule has 0 aromatic heterocycles. The van der Waals surface area contributed by atoms with Crippen molar-refractivity contribution in [1.29, 1.82) is 0 Å². The number of rotatable bonds is 3. The Bertz CT molecular complexity index is 566. The van der Waals surface area contributed by atoms with E-state index in [-0.39, 0.29) is 13.1 Å². The Morgan fingerprint density at radius 3 is 2.30 bits per heavy atom. The molecule has 1 fully saturated rings. The second-order valence-electron chi connectivity index (χ2n) is 4.26. The molecule has 2 rings (SSSR count). The van der Waals surface area contributed by atoms with Gasteiger partial charge in [-0.05, 0) is 31.4 Å². The quantitative estimate of drug-likeness (QED) is 0.862. The minimum atomic E-state index is -4.93. The van der Waals surface area contributed by atoms with Gasteiger partial charge in [-0.15, -0.1) is 13.2 Å². The van der Waals surface area contributed by atoms with Gasteiger partial charge in [0.2, 0.25) is 10.0 Å². The number of ether oxygens (including phenoxy) is 1. The number of halogens is 3. The fourth-order valence-electron chi connectivity index (χ4n) is 1.98. The predicted octanol–water partition coefficient (Wildman–Crippen LogP) is 2.57. The van der Waals surface area contributed by atoms with E-state index < -0.39 is 27.0 Å². The Kier molecular flexibility index (Phi) is 4.24. The molecule has 0 N–H and O–H groups in total. The maximum Gasteiger partial charge on any atom is 0.573 e. The lowest BCUT2D eigenvalue weighted by Gasteiger charge is -2.26. The molecule has 4 nitrogen and oxygen atoms in total. The first-order valence-electron chi connectivity index (χ1n) is 5.97. The molecule has 1 aromatic carbocycles. The van der Waals surface area contributed by atoms with Crippen molar-refractivity contribution < 1.29 is 26.3 Å². The van der Waals surface area contributed by atoms with Crippen LogP contribution in [0.4, 0.5) is 13.2 Å². The van der Waals surface area contributed by atoms with Crippen LogP contribution in [-0.2, 0) is 10.0 Å². The average molecular weight is 308 g/mol. The van der Waals surface area contributed by atoms with E-state index in [9.17, 15) is 21.6 Å². The van der Waals surface area contributed by atoms with Crippen LogP contribution in [0, 0.1) is 6.42 Å². The van der Waals surface area contributed by atoms with Crippen molar-refractivity contribution >= 4 is 10.0 Å². The Balaban J connectivity index is 2.36. The fourth-order valence-corrected chi connectivity index (χ4v) is 3.56. The van der Waals surface area contributed by atoms with Gasteiger partial charge in [-0.25, -0.2) is 8.42 Å². The molecule has 1 aliphatic heterocycles. The third-order valence-corrected chi connectivity index (χ3v) is 4.80. The van der Waals surface area contributed by atoms with Crippen LogP contribution in [0.3, 0.4) is 0 Å². The van der Waals surface area contributed by atoms with Gasteiger partial charge in [-0.3, -0.25) is 0 Å². The molecule has 8 heteroatoms. The second kappa shape index (κ2) is 5.61. The molecule has 0 atom stereocenters. The van der Waals surface area contributed by atoms with E-state index in [2.05, 4.69) is 4.74 Å². The molecular weight excluding hydrogens is 295 g/mol. The molecule has 0 aliphatic carbocycles. The van der Waals surface area contributed by atoms with Crippen LogP contribution < -0.4 is 4.74 Å². The Labute approximate surface area is 115 Å². The number of benzene rings is 1. The first-order chi connectivity index (χ1) is 9.31. The maximum atomic E-state index is 12.4. The molecule has 1 aromatic rings. The molecule has 1 saturated heterocycles. The van der Waals surface area contributed by atoms with Gasteiger partial charge in [0.1, 0.15) is 10.6 Å². The standard InChI is InChI=1S/C12H13F3NO3S/c13-12(14,15)19-10-6-2-3-7-11(10)20(17,18)16-8-4-1-5-9-16/h1-3,6-7H,4-5,8-9H2. The lowest BCUT2D eigenvalue weighted by molar-refractivity contribution is -0.275. The minimum absolute atomic E-state index is 0.267. The summed E-state index contributed by atoms with van der Waals surface area (Å²) < 4.78 is 66.6. The van der Waals surface area contributed by atoms with Gasteiger partial charge < -0.3 is 4.74 Å².